The molecule has 21 heavy (non-hydrogen) atoms. The van der Waals surface area contributed by atoms with Crippen molar-refractivity contribution >= 4 is 5.91 Å². The number of amides is 1. The molecule has 1 saturated carbocycles. The van der Waals surface area contributed by atoms with E-state index in [9.17, 15) is 4.79 Å². The fraction of sp³-hybridized carbons (Fsp3) is 0.944. The van der Waals surface area contributed by atoms with Crippen LogP contribution in [-0.2, 0) is 4.79 Å². The normalized spacial score (nSPS) is 28.8. The Balaban J connectivity index is 2.08. The molecule has 1 saturated heterocycles. The van der Waals surface area contributed by atoms with Crippen LogP contribution in [0.4, 0.5) is 0 Å². The zero-order valence-corrected chi connectivity index (χ0v) is 14.4. The van der Waals surface area contributed by atoms with Gasteiger partial charge < -0.3 is 4.90 Å². The number of carbonyl (C=O) groups excluding carboxylic acids is 1. The van der Waals surface area contributed by atoms with Gasteiger partial charge in [0.05, 0.1) is 12.2 Å². The van der Waals surface area contributed by atoms with Crippen molar-refractivity contribution in [2.45, 2.75) is 97.3 Å². The van der Waals surface area contributed by atoms with Gasteiger partial charge in [0.25, 0.3) is 0 Å². The summed E-state index contributed by atoms with van der Waals surface area (Å²) in [6.45, 7) is 8.90. The molecule has 1 aliphatic carbocycles. The van der Waals surface area contributed by atoms with Gasteiger partial charge >= 0.3 is 0 Å². The molecule has 3 atom stereocenters. The van der Waals surface area contributed by atoms with Gasteiger partial charge in [-0.3, -0.25) is 10.1 Å². The third kappa shape index (κ3) is 4.00. The SMILES string of the molecule is CCCCC(C)N1C(=O)C(CC(C)C)NC1C1CCCC1. The summed E-state index contributed by atoms with van der Waals surface area (Å²) in [5.41, 5.74) is 0. The molecule has 3 nitrogen and oxygen atoms in total. The van der Waals surface area contributed by atoms with Gasteiger partial charge in [-0.15, -0.1) is 0 Å². The molecule has 0 aromatic carbocycles. The summed E-state index contributed by atoms with van der Waals surface area (Å²) in [6.07, 6.45) is 10.1. The summed E-state index contributed by atoms with van der Waals surface area (Å²) in [7, 11) is 0. The zero-order chi connectivity index (χ0) is 15.4. The van der Waals surface area contributed by atoms with Crippen LogP contribution in [0.1, 0.15) is 79.1 Å². The van der Waals surface area contributed by atoms with Gasteiger partial charge in [-0.2, -0.15) is 0 Å². The predicted molar refractivity (Wildman–Crippen MR) is 88.0 cm³/mol. The van der Waals surface area contributed by atoms with E-state index in [1.807, 2.05) is 0 Å². The minimum Gasteiger partial charge on any atom is -0.323 e. The first-order valence-corrected chi connectivity index (χ1v) is 9.12. The highest BCUT2D eigenvalue weighted by atomic mass is 16.2. The summed E-state index contributed by atoms with van der Waals surface area (Å²) in [6, 6.07) is 0.437. The third-order valence-electron chi connectivity index (χ3n) is 5.23. The number of unbranched alkanes of at least 4 members (excludes halogenated alkanes) is 1. The van der Waals surface area contributed by atoms with Gasteiger partial charge in [0, 0.05) is 6.04 Å². The smallest absolute Gasteiger partial charge is 0.241 e. The maximum Gasteiger partial charge on any atom is 0.241 e. The maximum atomic E-state index is 12.9. The molecule has 2 aliphatic rings. The molecule has 2 rings (SSSR count). The standard InChI is InChI=1S/C18H34N2O/c1-5-6-9-14(4)20-17(15-10-7-8-11-15)19-16(18(20)21)12-13(2)3/h13-17,19H,5-12H2,1-4H3. The van der Waals surface area contributed by atoms with Crippen LogP contribution in [0.2, 0.25) is 0 Å². The molecular weight excluding hydrogens is 260 g/mol. The molecule has 1 N–H and O–H groups in total. The maximum absolute atomic E-state index is 12.9. The second-order valence-corrected chi connectivity index (χ2v) is 7.57. The summed E-state index contributed by atoms with van der Waals surface area (Å²) in [4.78, 5) is 15.1. The first-order chi connectivity index (χ1) is 10.0. The van der Waals surface area contributed by atoms with Crippen LogP contribution >= 0.6 is 0 Å². The molecule has 0 aromatic heterocycles. The van der Waals surface area contributed by atoms with Crippen molar-refractivity contribution in [2.75, 3.05) is 0 Å². The van der Waals surface area contributed by atoms with E-state index in [0.29, 0.717) is 30.0 Å². The van der Waals surface area contributed by atoms with Crippen LogP contribution in [0.25, 0.3) is 0 Å². The minimum atomic E-state index is 0.0553. The molecule has 122 valence electrons. The van der Waals surface area contributed by atoms with Crippen molar-refractivity contribution in [1.82, 2.24) is 10.2 Å². The molecule has 0 radical (unpaired) electrons. The summed E-state index contributed by atoms with van der Waals surface area (Å²) in [5.74, 6) is 1.61. The van der Waals surface area contributed by atoms with E-state index in [1.165, 1.54) is 38.5 Å². The number of rotatable bonds is 7. The van der Waals surface area contributed by atoms with Crippen LogP contribution < -0.4 is 5.32 Å². The fourth-order valence-electron chi connectivity index (χ4n) is 4.08. The lowest BCUT2D eigenvalue weighted by Gasteiger charge is -2.34. The molecule has 0 spiro atoms. The Bertz CT molecular complexity index is 336. The summed E-state index contributed by atoms with van der Waals surface area (Å²) >= 11 is 0. The Morgan fingerprint density at radius 2 is 1.90 bits per heavy atom. The molecule has 3 unspecified atom stereocenters. The number of hydrogen-bond donors (Lipinski definition) is 1. The Kier molecular flexibility index (Phi) is 6.09. The van der Waals surface area contributed by atoms with Crippen LogP contribution in [0.5, 0.6) is 0 Å². The van der Waals surface area contributed by atoms with Gasteiger partial charge in [-0.05, 0) is 44.4 Å². The van der Waals surface area contributed by atoms with E-state index in [2.05, 4.69) is 37.9 Å². The third-order valence-corrected chi connectivity index (χ3v) is 5.23. The topological polar surface area (TPSA) is 32.3 Å². The molecule has 3 heteroatoms. The van der Waals surface area contributed by atoms with Gasteiger partial charge in [0.2, 0.25) is 5.91 Å². The van der Waals surface area contributed by atoms with E-state index in [4.69, 9.17) is 0 Å². The average Bonchev–Trinajstić information content (AvgIpc) is 3.05. The first kappa shape index (κ1) is 16.8. The molecule has 1 aliphatic heterocycles. The first-order valence-electron chi connectivity index (χ1n) is 9.12. The lowest BCUT2D eigenvalue weighted by Crippen LogP contribution is -2.47. The lowest BCUT2D eigenvalue weighted by atomic mass is 10.0. The van der Waals surface area contributed by atoms with Crippen molar-refractivity contribution in [1.29, 1.82) is 0 Å². The van der Waals surface area contributed by atoms with Crippen LogP contribution in [-0.4, -0.2) is 29.1 Å². The second kappa shape index (κ2) is 7.62. The van der Waals surface area contributed by atoms with E-state index in [0.717, 1.165) is 12.8 Å². The Morgan fingerprint density at radius 3 is 2.48 bits per heavy atom. The average molecular weight is 294 g/mol. The zero-order valence-electron chi connectivity index (χ0n) is 14.4. The second-order valence-electron chi connectivity index (χ2n) is 7.57. The van der Waals surface area contributed by atoms with Crippen molar-refractivity contribution in [3.63, 3.8) is 0 Å². The van der Waals surface area contributed by atoms with Crippen molar-refractivity contribution in [3.8, 4) is 0 Å². The predicted octanol–water partition coefficient (Wildman–Crippen LogP) is 3.93. The molecular formula is C18H34N2O. The van der Waals surface area contributed by atoms with E-state index >= 15 is 0 Å². The number of carbonyl (C=O) groups is 1. The van der Waals surface area contributed by atoms with Crippen LogP contribution in [0.3, 0.4) is 0 Å². The highest BCUT2D eigenvalue weighted by molar-refractivity contribution is 5.84. The van der Waals surface area contributed by atoms with Gasteiger partial charge in [0.15, 0.2) is 0 Å². The quantitative estimate of drug-likeness (QED) is 0.771. The number of hydrogen-bond acceptors (Lipinski definition) is 2. The van der Waals surface area contributed by atoms with Crippen molar-refractivity contribution in [3.05, 3.63) is 0 Å². The number of nitrogens with zero attached hydrogens (tertiary/aromatic N) is 1. The molecule has 0 bridgehead atoms. The van der Waals surface area contributed by atoms with Gasteiger partial charge in [0.1, 0.15) is 0 Å². The molecule has 0 aromatic rings. The lowest BCUT2D eigenvalue weighted by molar-refractivity contribution is -0.133. The minimum absolute atomic E-state index is 0.0553. The fourth-order valence-corrected chi connectivity index (χ4v) is 4.08. The Morgan fingerprint density at radius 1 is 1.24 bits per heavy atom. The Hall–Kier alpha value is -0.570. The van der Waals surface area contributed by atoms with Gasteiger partial charge in [-0.25, -0.2) is 0 Å². The molecule has 1 amide bonds. The summed E-state index contributed by atoms with van der Waals surface area (Å²) < 4.78 is 0. The van der Waals surface area contributed by atoms with E-state index < -0.39 is 0 Å². The largest absolute Gasteiger partial charge is 0.323 e. The Labute approximate surface area is 130 Å². The monoisotopic (exact) mass is 294 g/mol. The summed E-state index contributed by atoms with van der Waals surface area (Å²) in [5, 5.41) is 3.70. The van der Waals surface area contributed by atoms with E-state index in [-0.39, 0.29) is 6.04 Å². The molecule has 1 heterocycles. The van der Waals surface area contributed by atoms with Crippen molar-refractivity contribution < 1.29 is 4.79 Å². The number of nitrogens with one attached hydrogen (secondary N) is 1. The van der Waals surface area contributed by atoms with Gasteiger partial charge in [-0.1, -0.05) is 46.5 Å². The van der Waals surface area contributed by atoms with Crippen LogP contribution in [0, 0.1) is 11.8 Å². The van der Waals surface area contributed by atoms with E-state index in [1.54, 1.807) is 0 Å². The van der Waals surface area contributed by atoms with Crippen molar-refractivity contribution in [2.24, 2.45) is 11.8 Å². The highest BCUT2D eigenvalue weighted by Gasteiger charge is 2.44. The van der Waals surface area contributed by atoms with Crippen LogP contribution in [0.15, 0.2) is 0 Å². The highest BCUT2D eigenvalue weighted by Crippen LogP contribution is 2.34. The molecule has 2 fully saturated rings.